The molecule has 4 rings (SSSR count). The summed E-state index contributed by atoms with van der Waals surface area (Å²) in [6.45, 7) is 4.85. The minimum Gasteiger partial charge on any atom is -0.360 e. The zero-order chi connectivity index (χ0) is 16.9. The number of fused-ring (bicyclic) bond motifs is 1. The molecule has 1 N–H and O–H groups in total. The van der Waals surface area contributed by atoms with Crippen LogP contribution < -0.4 is 10.2 Å². The lowest BCUT2D eigenvalue weighted by atomic mass is 9.77. The fourth-order valence-electron chi connectivity index (χ4n) is 3.98. The van der Waals surface area contributed by atoms with Crippen molar-refractivity contribution < 1.29 is 18.8 Å². The number of hydrogen-bond donors (Lipinski definition) is 1. The lowest BCUT2D eigenvalue weighted by Crippen LogP contribution is -2.44. The standard InChI is InChI=1S/C17H21N3O4/c1-3-4-7-18-15(21)13-11-5-6-17(23-11)9-20(16(22)14(13)17)12-8-10(2)24-19-12/h5-6,8,11,13-14H,3-4,7,9H2,1-2H3,(H,18,21)/t11-,13+,14-,17+/m1/s1. The summed E-state index contributed by atoms with van der Waals surface area (Å²) in [6, 6.07) is 1.72. The first-order chi connectivity index (χ1) is 11.6. The molecule has 2 amide bonds. The fraction of sp³-hybridized carbons (Fsp3) is 0.588. The lowest BCUT2D eigenvalue weighted by Gasteiger charge is -2.23. The maximum atomic E-state index is 13.0. The molecule has 0 aliphatic carbocycles. The molecule has 2 bridgehead atoms. The zero-order valence-electron chi connectivity index (χ0n) is 13.8. The zero-order valence-corrected chi connectivity index (χ0v) is 13.8. The second kappa shape index (κ2) is 5.44. The second-order valence-corrected chi connectivity index (χ2v) is 6.76. The first-order valence-electron chi connectivity index (χ1n) is 8.45. The Hall–Kier alpha value is -2.15. The number of hydrogen-bond acceptors (Lipinski definition) is 5. The predicted octanol–water partition coefficient (Wildman–Crippen LogP) is 1.19. The first kappa shape index (κ1) is 15.4. The number of nitrogens with zero attached hydrogens (tertiary/aromatic N) is 2. The smallest absolute Gasteiger partial charge is 0.235 e. The summed E-state index contributed by atoms with van der Waals surface area (Å²) < 4.78 is 11.1. The number of nitrogens with one attached hydrogen (secondary N) is 1. The summed E-state index contributed by atoms with van der Waals surface area (Å²) in [5.41, 5.74) is -0.721. The normalized spacial score (nSPS) is 33.3. The van der Waals surface area contributed by atoms with Gasteiger partial charge >= 0.3 is 0 Å². The lowest BCUT2D eigenvalue weighted by molar-refractivity contribution is -0.131. The molecule has 1 spiro atoms. The first-order valence-corrected chi connectivity index (χ1v) is 8.45. The SMILES string of the molecule is CCCCNC(=O)[C@H]1[C@H]2C=C[C@@]3(CN(c4cc(C)on4)C(=O)[C@@H]13)O2. The van der Waals surface area contributed by atoms with Crippen LogP contribution in [0.25, 0.3) is 0 Å². The van der Waals surface area contributed by atoms with Crippen molar-refractivity contribution in [1.82, 2.24) is 10.5 Å². The quantitative estimate of drug-likeness (QED) is 0.647. The molecule has 2 fully saturated rings. The number of amides is 2. The van der Waals surface area contributed by atoms with E-state index in [0.29, 0.717) is 24.7 Å². The van der Waals surface area contributed by atoms with Crippen molar-refractivity contribution in [2.75, 3.05) is 18.0 Å². The van der Waals surface area contributed by atoms with Crippen molar-refractivity contribution in [3.05, 3.63) is 24.0 Å². The van der Waals surface area contributed by atoms with Crippen LogP contribution >= 0.6 is 0 Å². The Morgan fingerprint density at radius 3 is 3.08 bits per heavy atom. The third-order valence-corrected chi connectivity index (χ3v) is 5.12. The van der Waals surface area contributed by atoms with Crippen LogP contribution in [0.3, 0.4) is 0 Å². The number of ether oxygens (including phenoxy) is 1. The molecule has 0 unspecified atom stereocenters. The van der Waals surface area contributed by atoms with Gasteiger partial charge in [0.05, 0.1) is 24.5 Å². The van der Waals surface area contributed by atoms with Crippen molar-refractivity contribution in [3.63, 3.8) is 0 Å². The molecule has 4 heterocycles. The van der Waals surface area contributed by atoms with Crippen LogP contribution in [0.1, 0.15) is 25.5 Å². The van der Waals surface area contributed by atoms with Gasteiger partial charge in [0.15, 0.2) is 5.82 Å². The Morgan fingerprint density at radius 1 is 1.54 bits per heavy atom. The Bertz CT molecular complexity index is 712. The number of aryl methyl sites for hydroxylation is 1. The molecule has 2 saturated heterocycles. The van der Waals surface area contributed by atoms with Crippen molar-refractivity contribution >= 4 is 17.6 Å². The molecule has 0 saturated carbocycles. The summed E-state index contributed by atoms with van der Waals surface area (Å²) in [4.78, 5) is 27.2. The topological polar surface area (TPSA) is 84.7 Å². The third kappa shape index (κ3) is 2.11. The molecule has 24 heavy (non-hydrogen) atoms. The van der Waals surface area contributed by atoms with Gasteiger partial charge in [-0.3, -0.25) is 14.5 Å². The Labute approximate surface area is 140 Å². The number of unbranched alkanes of at least 4 members (excludes halogenated alkanes) is 1. The number of anilines is 1. The van der Waals surface area contributed by atoms with E-state index < -0.39 is 17.4 Å². The summed E-state index contributed by atoms with van der Waals surface area (Å²) in [5, 5.41) is 6.88. The van der Waals surface area contributed by atoms with E-state index in [0.717, 1.165) is 12.8 Å². The minimum absolute atomic E-state index is 0.101. The third-order valence-electron chi connectivity index (χ3n) is 5.12. The van der Waals surface area contributed by atoms with Crippen LogP contribution in [0.2, 0.25) is 0 Å². The van der Waals surface area contributed by atoms with Crippen LogP contribution in [0.4, 0.5) is 5.82 Å². The monoisotopic (exact) mass is 331 g/mol. The van der Waals surface area contributed by atoms with Gasteiger partial charge in [0.25, 0.3) is 0 Å². The summed E-state index contributed by atoms with van der Waals surface area (Å²) in [6.07, 6.45) is 5.46. The summed E-state index contributed by atoms with van der Waals surface area (Å²) >= 11 is 0. The maximum Gasteiger partial charge on any atom is 0.235 e. The van der Waals surface area contributed by atoms with E-state index in [4.69, 9.17) is 9.26 Å². The van der Waals surface area contributed by atoms with Gasteiger partial charge in [-0.1, -0.05) is 30.7 Å². The van der Waals surface area contributed by atoms with E-state index in [9.17, 15) is 9.59 Å². The molecule has 1 aromatic heterocycles. The van der Waals surface area contributed by atoms with Crippen LogP contribution in [-0.2, 0) is 14.3 Å². The largest absolute Gasteiger partial charge is 0.360 e. The van der Waals surface area contributed by atoms with Gasteiger partial charge in [0, 0.05) is 12.6 Å². The van der Waals surface area contributed by atoms with E-state index in [2.05, 4.69) is 17.4 Å². The Balaban J connectivity index is 1.59. The molecule has 7 nitrogen and oxygen atoms in total. The second-order valence-electron chi connectivity index (χ2n) is 6.76. The molecule has 0 aromatic carbocycles. The van der Waals surface area contributed by atoms with E-state index in [1.165, 1.54) is 0 Å². The highest BCUT2D eigenvalue weighted by Gasteiger charge is 2.67. The van der Waals surface area contributed by atoms with E-state index in [-0.39, 0.29) is 17.9 Å². The van der Waals surface area contributed by atoms with Gasteiger partial charge in [-0.15, -0.1) is 0 Å². The Kier molecular flexibility index (Phi) is 3.49. The van der Waals surface area contributed by atoms with Crippen LogP contribution in [0.5, 0.6) is 0 Å². The highest BCUT2D eigenvalue weighted by molar-refractivity contribution is 6.02. The van der Waals surface area contributed by atoms with Gasteiger partial charge in [-0.25, -0.2) is 0 Å². The van der Waals surface area contributed by atoms with Crippen LogP contribution in [0.15, 0.2) is 22.7 Å². The van der Waals surface area contributed by atoms with Crippen molar-refractivity contribution in [2.24, 2.45) is 11.8 Å². The summed E-state index contributed by atoms with van der Waals surface area (Å²) in [7, 11) is 0. The molecule has 3 aliphatic heterocycles. The molecular weight excluding hydrogens is 310 g/mol. The van der Waals surface area contributed by atoms with Gasteiger partial charge in [-0.2, -0.15) is 0 Å². The highest BCUT2D eigenvalue weighted by Crippen LogP contribution is 2.52. The molecule has 3 aliphatic rings. The number of carbonyl (C=O) groups is 2. The molecule has 128 valence electrons. The van der Waals surface area contributed by atoms with E-state index in [1.54, 1.807) is 17.9 Å². The minimum atomic E-state index is -0.721. The van der Waals surface area contributed by atoms with Crippen LogP contribution in [-0.4, -0.2) is 41.8 Å². The molecule has 4 atom stereocenters. The fourth-order valence-corrected chi connectivity index (χ4v) is 3.98. The van der Waals surface area contributed by atoms with E-state index >= 15 is 0 Å². The van der Waals surface area contributed by atoms with Crippen molar-refractivity contribution in [1.29, 1.82) is 0 Å². The molecule has 1 aromatic rings. The van der Waals surface area contributed by atoms with Gasteiger partial charge in [-0.05, 0) is 13.3 Å². The molecule has 7 heteroatoms. The van der Waals surface area contributed by atoms with Gasteiger partial charge in [0.2, 0.25) is 11.8 Å². The maximum absolute atomic E-state index is 13.0. The average Bonchev–Trinajstić information content (AvgIpc) is 3.28. The Morgan fingerprint density at radius 2 is 2.38 bits per heavy atom. The average molecular weight is 331 g/mol. The van der Waals surface area contributed by atoms with E-state index in [1.807, 2.05) is 12.2 Å². The van der Waals surface area contributed by atoms with Crippen molar-refractivity contribution in [3.8, 4) is 0 Å². The predicted molar refractivity (Wildman–Crippen MR) is 85.2 cm³/mol. The van der Waals surface area contributed by atoms with Crippen molar-refractivity contribution in [2.45, 2.75) is 38.4 Å². The number of aromatic nitrogens is 1. The number of rotatable bonds is 5. The van der Waals surface area contributed by atoms with Gasteiger partial charge < -0.3 is 14.6 Å². The highest BCUT2D eigenvalue weighted by atomic mass is 16.5. The molecule has 0 radical (unpaired) electrons. The number of carbonyl (C=O) groups excluding carboxylic acids is 2. The van der Waals surface area contributed by atoms with Crippen LogP contribution in [0, 0.1) is 18.8 Å². The van der Waals surface area contributed by atoms with Gasteiger partial charge in [0.1, 0.15) is 11.4 Å². The molecular formula is C17H21N3O4. The summed E-state index contributed by atoms with van der Waals surface area (Å²) in [5.74, 6) is -0.0701.